The molecule has 7 heteroatoms. The molecule has 0 saturated heterocycles. The standard InChI is InChI=1S/C9H11ClN2O2S2/c1-3-7(5-11)12-16(13,14)8-4-6(2)9(10)15-8/h4,7,12H,3H2,1-2H3. The third-order valence-electron chi connectivity index (χ3n) is 1.96. The summed E-state index contributed by atoms with van der Waals surface area (Å²) in [5.41, 5.74) is 0.719. The molecule has 1 aromatic rings. The van der Waals surface area contributed by atoms with Crippen molar-refractivity contribution in [3.63, 3.8) is 0 Å². The molecule has 0 fully saturated rings. The Bertz CT molecular complexity index is 497. The number of aryl methyl sites for hydroxylation is 1. The fourth-order valence-electron chi connectivity index (χ4n) is 1.01. The van der Waals surface area contributed by atoms with Crippen molar-refractivity contribution < 1.29 is 8.42 Å². The minimum absolute atomic E-state index is 0.142. The zero-order valence-electron chi connectivity index (χ0n) is 8.82. The van der Waals surface area contributed by atoms with E-state index in [9.17, 15) is 8.42 Å². The highest BCUT2D eigenvalue weighted by molar-refractivity contribution is 7.91. The van der Waals surface area contributed by atoms with Crippen LogP contribution < -0.4 is 4.72 Å². The van der Waals surface area contributed by atoms with Gasteiger partial charge in [0.1, 0.15) is 10.3 Å². The highest BCUT2D eigenvalue weighted by atomic mass is 35.5. The van der Waals surface area contributed by atoms with Crippen molar-refractivity contribution in [3.8, 4) is 6.07 Å². The first-order chi connectivity index (χ1) is 7.40. The molecule has 0 bridgehead atoms. The van der Waals surface area contributed by atoms with Gasteiger partial charge in [0.2, 0.25) is 0 Å². The largest absolute Gasteiger partial charge is 0.251 e. The molecule has 0 aromatic carbocycles. The molecule has 0 radical (unpaired) electrons. The summed E-state index contributed by atoms with van der Waals surface area (Å²) >= 11 is 6.79. The van der Waals surface area contributed by atoms with E-state index < -0.39 is 16.1 Å². The van der Waals surface area contributed by atoms with Gasteiger partial charge in [-0.05, 0) is 25.0 Å². The molecule has 1 N–H and O–H groups in total. The Hall–Kier alpha value is -0.610. The molecule has 0 amide bonds. The topological polar surface area (TPSA) is 70.0 Å². The van der Waals surface area contributed by atoms with Gasteiger partial charge in [0.15, 0.2) is 0 Å². The molecular weight excluding hydrogens is 268 g/mol. The molecular formula is C9H11ClN2O2S2. The fourth-order valence-corrected chi connectivity index (χ4v) is 3.96. The summed E-state index contributed by atoms with van der Waals surface area (Å²) in [6.45, 7) is 3.47. The average molecular weight is 279 g/mol. The van der Waals surface area contributed by atoms with E-state index in [1.54, 1.807) is 13.8 Å². The van der Waals surface area contributed by atoms with Crippen LogP contribution in [0, 0.1) is 18.3 Å². The maximum Gasteiger partial charge on any atom is 0.251 e. The van der Waals surface area contributed by atoms with Gasteiger partial charge in [0, 0.05) is 0 Å². The molecule has 16 heavy (non-hydrogen) atoms. The van der Waals surface area contributed by atoms with Crippen LogP contribution in [-0.2, 0) is 10.0 Å². The minimum Gasteiger partial charge on any atom is -0.206 e. The molecule has 1 rings (SSSR count). The molecule has 0 aliphatic heterocycles. The lowest BCUT2D eigenvalue weighted by molar-refractivity contribution is 0.571. The van der Waals surface area contributed by atoms with Crippen LogP contribution in [0.25, 0.3) is 0 Å². The molecule has 1 aromatic heterocycles. The summed E-state index contributed by atoms with van der Waals surface area (Å²) in [4.78, 5) is 0. The first-order valence-corrected chi connectivity index (χ1v) is 7.26. The van der Waals surface area contributed by atoms with Gasteiger partial charge in [0.05, 0.1) is 10.4 Å². The van der Waals surface area contributed by atoms with E-state index in [0.717, 1.165) is 16.9 Å². The van der Waals surface area contributed by atoms with E-state index in [2.05, 4.69) is 4.72 Å². The second-order valence-electron chi connectivity index (χ2n) is 3.23. The number of hydrogen-bond acceptors (Lipinski definition) is 4. The van der Waals surface area contributed by atoms with Crippen LogP contribution in [0.1, 0.15) is 18.9 Å². The van der Waals surface area contributed by atoms with Crippen LogP contribution in [-0.4, -0.2) is 14.5 Å². The maximum absolute atomic E-state index is 11.8. The van der Waals surface area contributed by atoms with Crippen molar-refractivity contribution in [1.29, 1.82) is 5.26 Å². The highest BCUT2D eigenvalue weighted by Crippen LogP contribution is 2.30. The van der Waals surface area contributed by atoms with Gasteiger partial charge in [-0.3, -0.25) is 0 Å². The Balaban J connectivity index is 2.99. The lowest BCUT2D eigenvalue weighted by Gasteiger charge is -2.07. The first kappa shape index (κ1) is 13.5. The molecule has 1 heterocycles. The summed E-state index contributed by atoms with van der Waals surface area (Å²) < 4.78 is 26.5. The van der Waals surface area contributed by atoms with Crippen molar-refractivity contribution in [3.05, 3.63) is 16.0 Å². The molecule has 1 unspecified atom stereocenters. The summed E-state index contributed by atoms with van der Waals surface area (Å²) in [5.74, 6) is 0. The molecule has 1 atom stereocenters. The van der Waals surface area contributed by atoms with Crippen LogP contribution in [0.3, 0.4) is 0 Å². The number of nitrogens with zero attached hydrogens (tertiary/aromatic N) is 1. The van der Waals surface area contributed by atoms with Crippen molar-refractivity contribution in [2.24, 2.45) is 0 Å². The molecule has 0 aliphatic rings. The van der Waals surface area contributed by atoms with Crippen LogP contribution in [0.2, 0.25) is 4.34 Å². The number of hydrogen-bond donors (Lipinski definition) is 1. The van der Waals surface area contributed by atoms with Gasteiger partial charge in [0.25, 0.3) is 10.0 Å². The van der Waals surface area contributed by atoms with Crippen molar-refractivity contribution in [1.82, 2.24) is 4.72 Å². The quantitative estimate of drug-likeness (QED) is 0.919. The number of halogens is 1. The second kappa shape index (κ2) is 5.15. The monoisotopic (exact) mass is 278 g/mol. The molecule has 0 spiro atoms. The molecule has 88 valence electrons. The normalized spacial score (nSPS) is 13.4. The van der Waals surface area contributed by atoms with Gasteiger partial charge in [-0.25, -0.2) is 8.42 Å². The third-order valence-corrected chi connectivity index (χ3v) is 5.46. The fraction of sp³-hybridized carbons (Fsp3) is 0.444. The Morgan fingerprint density at radius 1 is 1.69 bits per heavy atom. The van der Waals surface area contributed by atoms with E-state index in [1.807, 2.05) is 6.07 Å². The average Bonchev–Trinajstić information content (AvgIpc) is 2.56. The number of nitrogens with one attached hydrogen (secondary N) is 1. The van der Waals surface area contributed by atoms with Crippen LogP contribution in [0.15, 0.2) is 10.3 Å². The summed E-state index contributed by atoms with van der Waals surface area (Å²) in [7, 11) is -3.62. The summed E-state index contributed by atoms with van der Waals surface area (Å²) in [6.07, 6.45) is 0.424. The Labute approximate surface area is 104 Å². The van der Waals surface area contributed by atoms with E-state index in [0.29, 0.717) is 10.8 Å². The summed E-state index contributed by atoms with van der Waals surface area (Å²) in [5, 5.41) is 8.70. The predicted molar refractivity (Wildman–Crippen MR) is 64.1 cm³/mol. The highest BCUT2D eigenvalue weighted by Gasteiger charge is 2.21. The van der Waals surface area contributed by atoms with E-state index in [-0.39, 0.29) is 4.21 Å². The number of thiophene rings is 1. The molecule has 0 aliphatic carbocycles. The third kappa shape index (κ3) is 2.95. The van der Waals surface area contributed by atoms with Crippen LogP contribution >= 0.6 is 22.9 Å². The molecule has 0 saturated carbocycles. The van der Waals surface area contributed by atoms with Crippen molar-refractivity contribution in [2.45, 2.75) is 30.5 Å². The van der Waals surface area contributed by atoms with Gasteiger partial charge < -0.3 is 0 Å². The zero-order chi connectivity index (χ0) is 12.3. The van der Waals surface area contributed by atoms with Crippen LogP contribution in [0.5, 0.6) is 0 Å². The summed E-state index contributed by atoms with van der Waals surface area (Å²) in [6, 6.07) is 2.68. The Morgan fingerprint density at radius 2 is 2.31 bits per heavy atom. The lowest BCUT2D eigenvalue weighted by Crippen LogP contribution is -2.32. The Morgan fingerprint density at radius 3 is 2.69 bits per heavy atom. The minimum atomic E-state index is -3.62. The maximum atomic E-state index is 11.8. The zero-order valence-corrected chi connectivity index (χ0v) is 11.2. The van der Waals surface area contributed by atoms with E-state index in [4.69, 9.17) is 16.9 Å². The molecule has 4 nitrogen and oxygen atoms in total. The van der Waals surface area contributed by atoms with Gasteiger partial charge in [-0.2, -0.15) is 9.98 Å². The number of nitriles is 1. The number of rotatable bonds is 4. The SMILES string of the molecule is CCC(C#N)NS(=O)(=O)c1cc(C)c(Cl)s1. The second-order valence-corrected chi connectivity index (χ2v) is 6.83. The van der Waals surface area contributed by atoms with E-state index in [1.165, 1.54) is 6.07 Å². The lowest BCUT2D eigenvalue weighted by atomic mass is 10.3. The number of sulfonamides is 1. The van der Waals surface area contributed by atoms with Gasteiger partial charge in [-0.15, -0.1) is 11.3 Å². The van der Waals surface area contributed by atoms with Crippen molar-refractivity contribution in [2.75, 3.05) is 0 Å². The smallest absolute Gasteiger partial charge is 0.206 e. The van der Waals surface area contributed by atoms with Gasteiger partial charge in [-0.1, -0.05) is 18.5 Å². The first-order valence-electron chi connectivity index (χ1n) is 4.58. The van der Waals surface area contributed by atoms with Crippen molar-refractivity contribution >= 4 is 33.0 Å². The van der Waals surface area contributed by atoms with Gasteiger partial charge >= 0.3 is 0 Å². The van der Waals surface area contributed by atoms with E-state index >= 15 is 0 Å². The Kier molecular flexibility index (Phi) is 4.33. The predicted octanol–water partition coefficient (Wildman–Crippen LogP) is 2.29. The van der Waals surface area contributed by atoms with Crippen LogP contribution in [0.4, 0.5) is 0 Å².